The van der Waals surface area contributed by atoms with Crippen LogP contribution in [0.1, 0.15) is 58.7 Å². The van der Waals surface area contributed by atoms with Crippen molar-refractivity contribution in [2.24, 2.45) is 0 Å². The number of carbonyl (C=O) groups excluding carboxylic acids is 1. The van der Waals surface area contributed by atoms with E-state index in [2.05, 4.69) is 19.1 Å². The maximum Gasteiger partial charge on any atom is 0.342 e. The molecular weight excluding hydrogens is 420 g/mol. The number of esters is 1. The minimum absolute atomic E-state index is 0.219. The van der Waals surface area contributed by atoms with Crippen molar-refractivity contribution in [1.29, 1.82) is 0 Å². The number of ether oxygens (including phenoxy) is 2. The highest BCUT2D eigenvalue weighted by atomic mass is 16.5. The molecule has 0 N–H and O–H groups in total. The molecule has 0 aromatic heterocycles. The van der Waals surface area contributed by atoms with E-state index < -0.39 is 5.97 Å². The lowest BCUT2D eigenvalue weighted by molar-refractivity contribution is 0.0331. The molecule has 0 heterocycles. The van der Waals surface area contributed by atoms with Gasteiger partial charge in [-0.2, -0.15) is 0 Å². The molecule has 0 aliphatic carbocycles. The van der Waals surface area contributed by atoms with E-state index >= 15 is 0 Å². The molecule has 4 aromatic rings. The second-order valence-electron chi connectivity index (χ2n) is 8.71. The Morgan fingerprint density at radius 1 is 0.647 bits per heavy atom. The zero-order valence-electron chi connectivity index (χ0n) is 20.1. The number of rotatable bonds is 7. The van der Waals surface area contributed by atoms with Crippen molar-refractivity contribution in [3.8, 4) is 16.9 Å². The first kappa shape index (κ1) is 23.3. The van der Waals surface area contributed by atoms with Crippen molar-refractivity contribution in [3.05, 3.63) is 125 Å². The average Bonchev–Trinajstić information content (AvgIpc) is 2.84. The van der Waals surface area contributed by atoms with Crippen LogP contribution in [0, 0.1) is 13.8 Å². The van der Waals surface area contributed by atoms with Crippen molar-refractivity contribution in [1.82, 2.24) is 0 Å². The van der Waals surface area contributed by atoms with E-state index in [1.165, 1.54) is 5.56 Å². The Kier molecular flexibility index (Phi) is 7.12. The summed E-state index contributed by atoms with van der Waals surface area (Å²) in [6, 6.07) is 31.9. The fraction of sp³-hybridized carbons (Fsp3) is 0.194. The predicted molar refractivity (Wildman–Crippen MR) is 137 cm³/mol. The fourth-order valence-electron chi connectivity index (χ4n) is 4.00. The van der Waals surface area contributed by atoms with Gasteiger partial charge in [0, 0.05) is 0 Å². The van der Waals surface area contributed by atoms with Crippen molar-refractivity contribution in [2.75, 3.05) is 0 Å². The van der Waals surface area contributed by atoms with Gasteiger partial charge in [0.25, 0.3) is 0 Å². The first-order valence-electron chi connectivity index (χ1n) is 11.6. The van der Waals surface area contributed by atoms with Crippen LogP contribution in [0.5, 0.6) is 5.75 Å². The smallest absolute Gasteiger partial charge is 0.342 e. The quantitative estimate of drug-likeness (QED) is 0.267. The summed E-state index contributed by atoms with van der Waals surface area (Å²) in [5.74, 6) is 0.105. The Morgan fingerprint density at radius 3 is 1.88 bits per heavy atom. The van der Waals surface area contributed by atoms with Gasteiger partial charge in [0.15, 0.2) is 0 Å². The third kappa shape index (κ3) is 5.55. The van der Waals surface area contributed by atoms with Gasteiger partial charge < -0.3 is 9.47 Å². The van der Waals surface area contributed by atoms with Crippen LogP contribution in [-0.2, 0) is 4.74 Å². The van der Waals surface area contributed by atoms with Crippen molar-refractivity contribution < 1.29 is 14.3 Å². The van der Waals surface area contributed by atoms with Gasteiger partial charge in [-0.25, -0.2) is 4.79 Å². The van der Waals surface area contributed by atoms with E-state index in [9.17, 15) is 4.79 Å². The Morgan fingerprint density at radius 2 is 1.26 bits per heavy atom. The van der Waals surface area contributed by atoms with Gasteiger partial charge in [-0.1, -0.05) is 96.1 Å². The Hall–Kier alpha value is -3.85. The van der Waals surface area contributed by atoms with Crippen LogP contribution in [0.15, 0.2) is 97.1 Å². The fourth-order valence-corrected chi connectivity index (χ4v) is 4.00. The molecule has 0 saturated heterocycles. The Bertz CT molecular complexity index is 1280. The van der Waals surface area contributed by atoms with Gasteiger partial charge in [0.2, 0.25) is 0 Å². The first-order valence-corrected chi connectivity index (χ1v) is 11.6. The molecule has 4 aromatic carbocycles. The van der Waals surface area contributed by atoms with Crippen LogP contribution in [0.2, 0.25) is 0 Å². The summed E-state index contributed by atoms with van der Waals surface area (Å²) in [4.78, 5) is 13.4. The van der Waals surface area contributed by atoms with Gasteiger partial charge >= 0.3 is 5.97 Å². The molecule has 4 rings (SSSR count). The van der Waals surface area contributed by atoms with Gasteiger partial charge in [-0.05, 0) is 62.1 Å². The summed E-state index contributed by atoms with van der Waals surface area (Å²) >= 11 is 0. The van der Waals surface area contributed by atoms with Crippen molar-refractivity contribution in [3.63, 3.8) is 0 Å². The van der Waals surface area contributed by atoms with E-state index in [1.54, 1.807) is 0 Å². The monoisotopic (exact) mass is 450 g/mol. The molecule has 34 heavy (non-hydrogen) atoms. The predicted octanol–water partition coefficient (Wildman–Crippen LogP) is 8.03. The van der Waals surface area contributed by atoms with Crippen molar-refractivity contribution in [2.45, 2.75) is 39.9 Å². The number of hydrogen-bond acceptors (Lipinski definition) is 3. The normalized spacial score (nSPS) is 12.6. The summed E-state index contributed by atoms with van der Waals surface area (Å²) in [7, 11) is 0. The van der Waals surface area contributed by atoms with Crippen LogP contribution in [0.4, 0.5) is 0 Å². The Balaban J connectivity index is 1.66. The van der Waals surface area contributed by atoms with Gasteiger partial charge in [0.05, 0.1) is 0 Å². The minimum atomic E-state index is -0.404. The summed E-state index contributed by atoms with van der Waals surface area (Å²) < 4.78 is 12.2. The molecule has 0 amide bonds. The molecule has 172 valence electrons. The zero-order valence-corrected chi connectivity index (χ0v) is 20.1. The van der Waals surface area contributed by atoms with E-state index in [0.29, 0.717) is 11.3 Å². The van der Waals surface area contributed by atoms with Crippen LogP contribution in [-0.4, -0.2) is 5.97 Å². The molecule has 0 bridgehead atoms. The summed E-state index contributed by atoms with van der Waals surface area (Å²) in [5.41, 5.74) is 6.69. The number of carbonyl (C=O) groups is 1. The molecule has 0 aliphatic rings. The SMILES string of the molecule is Cc1cccc(C(C)OC(=O)c2cc(-c3ccccc3)ccc2OC(C)c2cccc(C)c2)c1. The molecule has 3 heteroatoms. The van der Waals surface area contributed by atoms with Gasteiger partial charge in [-0.3, -0.25) is 0 Å². The van der Waals surface area contributed by atoms with Crippen LogP contribution in [0.25, 0.3) is 11.1 Å². The summed E-state index contributed by atoms with van der Waals surface area (Å²) in [5, 5.41) is 0. The average molecular weight is 451 g/mol. The van der Waals surface area contributed by atoms with E-state index in [1.807, 2.05) is 106 Å². The van der Waals surface area contributed by atoms with Crippen molar-refractivity contribution >= 4 is 5.97 Å². The highest BCUT2D eigenvalue weighted by Gasteiger charge is 2.21. The molecular formula is C31H30O3. The molecule has 0 aliphatic heterocycles. The standard InChI is InChI=1S/C31H30O3/c1-21-10-8-14-26(18-21)23(3)33-30-17-16-28(25-12-6-5-7-13-25)20-29(30)31(32)34-24(4)27-15-9-11-22(2)19-27/h5-20,23-24H,1-4H3. The maximum absolute atomic E-state index is 13.4. The number of benzene rings is 4. The topological polar surface area (TPSA) is 35.5 Å². The molecule has 2 unspecified atom stereocenters. The largest absolute Gasteiger partial charge is 0.485 e. The van der Waals surface area contributed by atoms with Crippen LogP contribution >= 0.6 is 0 Å². The molecule has 3 nitrogen and oxygen atoms in total. The van der Waals surface area contributed by atoms with E-state index in [4.69, 9.17) is 9.47 Å². The molecule has 0 spiro atoms. The number of aryl methyl sites for hydroxylation is 2. The lowest BCUT2D eigenvalue weighted by atomic mass is 10.0. The first-order chi connectivity index (χ1) is 16.4. The minimum Gasteiger partial charge on any atom is -0.485 e. The summed E-state index contributed by atoms with van der Waals surface area (Å²) in [6.07, 6.45) is -0.599. The summed E-state index contributed by atoms with van der Waals surface area (Å²) in [6.45, 7) is 7.97. The van der Waals surface area contributed by atoms with Gasteiger partial charge in [-0.15, -0.1) is 0 Å². The highest BCUT2D eigenvalue weighted by molar-refractivity contribution is 5.94. The zero-order chi connectivity index (χ0) is 24.1. The third-order valence-corrected chi connectivity index (χ3v) is 5.92. The number of hydrogen-bond donors (Lipinski definition) is 0. The maximum atomic E-state index is 13.4. The molecule has 2 atom stereocenters. The third-order valence-electron chi connectivity index (χ3n) is 5.92. The van der Waals surface area contributed by atoms with Crippen LogP contribution in [0.3, 0.4) is 0 Å². The Labute approximate surface area is 202 Å². The lowest BCUT2D eigenvalue weighted by Gasteiger charge is -2.20. The van der Waals surface area contributed by atoms with E-state index in [0.717, 1.165) is 27.8 Å². The highest BCUT2D eigenvalue weighted by Crippen LogP contribution is 2.32. The molecule has 0 saturated carbocycles. The second kappa shape index (κ2) is 10.4. The molecule has 0 radical (unpaired) electrons. The van der Waals surface area contributed by atoms with Crippen LogP contribution < -0.4 is 4.74 Å². The van der Waals surface area contributed by atoms with E-state index in [-0.39, 0.29) is 12.2 Å². The second-order valence-corrected chi connectivity index (χ2v) is 8.71. The van der Waals surface area contributed by atoms with Gasteiger partial charge in [0.1, 0.15) is 23.5 Å². The molecule has 0 fully saturated rings. The lowest BCUT2D eigenvalue weighted by Crippen LogP contribution is -2.13.